The lowest BCUT2D eigenvalue weighted by Crippen LogP contribution is -1.98. The second-order valence-electron chi connectivity index (χ2n) is 5.98. The number of aryl methyl sites for hydroxylation is 1. The lowest BCUT2D eigenvalue weighted by atomic mass is 10.1. The van der Waals surface area contributed by atoms with Crippen LogP contribution in [0.15, 0.2) is 68.6 Å². The third-order valence-corrected chi connectivity index (χ3v) is 5.73. The van der Waals surface area contributed by atoms with Crippen LogP contribution >= 0.6 is 0 Å². The summed E-state index contributed by atoms with van der Waals surface area (Å²) in [6, 6.07) is 10.9. The minimum atomic E-state index is -4.38. The average Bonchev–Trinajstić information content (AvgIpc) is 2.60. The Kier molecular flexibility index (Phi) is 4.93. The van der Waals surface area contributed by atoms with Gasteiger partial charge in [0.15, 0.2) is 0 Å². The van der Waals surface area contributed by atoms with Gasteiger partial charge < -0.3 is 5.73 Å². The van der Waals surface area contributed by atoms with Crippen molar-refractivity contribution in [3.8, 4) is 0 Å². The van der Waals surface area contributed by atoms with E-state index in [4.69, 9.17) is 10.3 Å². The fourth-order valence-corrected chi connectivity index (χ4v) is 3.66. The summed E-state index contributed by atoms with van der Waals surface area (Å²) in [5.74, 6) is 0. The van der Waals surface area contributed by atoms with Crippen molar-refractivity contribution in [1.29, 1.82) is 0 Å². The molecule has 0 aliphatic carbocycles. The van der Waals surface area contributed by atoms with E-state index in [-0.39, 0.29) is 9.79 Å². The Bertz CT molecular complexity index is 1330. The van der Waals surface area contributed by atoms with Gasteiger partial charge in [-0.25, -0.2) is 0 Å². The molecule has 3 aromatic rings. The highest BCUT2D eigenvalue weighted by atomic mass is 32.2. The molecule has 0 aromatic heterocycles. The fraction of sp³-hybridized carbons (Fsp3) is 0.0588. The molecular formula is C17H15N3O6S2. The molecule has 146 valence electrons. The number of nitrogens with two attached hydrogens (primary N) is 1. The van der Waals surface area contributed by atoms with Crippen molar-refractivity contribution >= 4 is 48.1 Å². The third-order valence-electron chi connectivity index (χ3n) is 4.03. The highest BCUT2D eigenvalue weighted by molar-refractivity contribution is 7.86. The summed E-state index contributed by atoms with van der Waals surface area (Å²) < 4.78 is 63.3. The molecular weight excluding hydrogens is 406 g/mol. The van der Waals surface area contributed by atoms with E-state index in [1.807, 2.05) is 0 Å². The van der Waals surface area contributed by atoms with Crippen molar-refractivity contribution in [3.63, 3.8) is 0 Å². The zero-order valence-electron chi connectivity index (χ0n) is 14.4. The van der Waals surface area contributed by atoms with Crippen LogP contribution in [-0.4, -0.2) is 25.9 Å². The Morgan fingerprint density at radius 2 is 1.29 bits per heavy atom. The third kappa shape index (κ3) is 4.02. The number of azo groups is 1. The van der Waals surface area contributed by atoms with Crippen molar-refractivity contribution < 1.29 is 25.9 Å². The summed E-state index contributed by atoms with van der Waals surface area (Å²) in [6.07, 6.45) is 0. The standard InChI is InChI=1S/C17H15N3O6S2/c1-10-8-11(27(21,22)23)3-6-16(10)19-20-17-7-5-15(18)14-9-12(28(24,25)26)2-4-13(14)17/h2-9H,18H2,1H3,(H,21,22,23)(H,24,25,26). The van der Waals surface area contributed by atoms with Gasteiger partial charge in [-0.2, -0.15) is 21.9 Å². The van der Waals surface area contributed by atoms with E-state index in [9.17, 15) is 21.4 Å². The summed E-state index contributed by atoms with van der Waals surface area (Å²) in [6.45, 7) is 1.61. The Labute approximate surface area is 161 Å². The highest BCUT2D eigenvalue weighted by Crippen LogP contribution is 2.33. The van der Waals surface area contributed by atoms with Gasteiger partial charge in [-0.05, 0) is 55.0 Å². The molecule has 0 heterocycles. The van der Waals surface area contributed by atoms with Gasteiger partial charge in [0.2, 0.25) is 0 Å². The van der Waals surface area contributed by atoms with Crippen molar-refractivity contribution in [2.45, 2.75) is 16.7 Å². The fourth-order valence-electron chi connectivity index (χ4n) is 2.59. The normalized spacial score (nSPS) is 12.7. The molecule has 0 aliphatic heterocycles. The Morgan fingerprint density at radius 3 is 1.89 bits per heavy atom. The molecule has 3 rings (SSSR count). The summed E-state index contributed by atoms with van der Waals surface area (Å²) in [5, 5.41) is 9.12. The molecule has 0 saturated heterocycles. The van der Waals surface area contributed by atoms with Crippen LogP contribution in [0, 0.1) is 6.92 Å². The largest absolute Gasteiger partial charge is 0.398 e. The second kappa shape index (κ2) is 6.95. The van der Waals surface area contributed by atoms with E-state index in [2.05, 4.69) is 10.2 Å². The number of fused-ring (bicyclic) bond motifs is 1. The van der Waals surface area contributed by atoms with Gasteiger partial charge in [0.1, 0.15) is 0 Å². The van der Waals surface area contributed by atoms with Crippen LogP contribution in [-0.2, 0) is 20.2 Å². The van der Waals surface area contributed by atoms with Crippen LogP contribution in [0.25, 0.3) is 10.8 Å². The number of anilines is 1. The molecule has 11 heteroatoms. The van der Waals surface area contributed by atoms with E-state index in [0.717, 1.165) is 0 Å². The summed E-state index contributed by atoms with van der Waals surface area (Å²) in [7, 11) is -8.69. The smallest absolute Gasteiger partial charge is 0.294 e. The number of benzene rings is 3. The summed E-state index contributed by atoms with van der Waals surface area (Å²) in [4.78, 5) is -0.544. The monoisotopic (exact) mass is 421 g/mol. The van der Waals surface area contributed by atoms with Crippen LogP contribution < -0.4 is 5.73 Å². The zero-order valence-corrected chi connectivity index (χ0v) is 16.1. The molecule has 9 nitrogen and oxygen atoms in total. The molecule has 0 amide bonds. The van der Waals surface area contributed by atoms with Crippen LogP contribution in [0.1, 0.15) is 5.56 Å². The maximum absolute atomic E-state index is 11.3. The Morgan fingerprint density at radius 1 is 0.750 bits per heavy atom. The first-order valence-corrected chi connectivity index (χ1v) is 10.6. The number of nitrogen functional groups attached to an aromatic ring is 1. The Balaban J connectivity index is 2.07. The van der Waals surface area contributed by atoms with Gasteiger partial charge in [-0.15, -0.1) is 5.11 Å². The van der Waals surface area contributed by atoms with E-state index in [1.54, 1.807) is 13.0 Å². The lowest BCUT2D eigenvalue weighted by molar-refractivity contribution is 0.481. The molecule has 0 spiro atoms. The predicted molar refractivity (Wildman–Crippen MR) is 103 cm³/mol. The van der Waals surface area contributed by atoms with Gasteiger partial charge >= 0.3 is 0 Å². The SMILES string of the molecule is Cc1cc(S(=O)(=O)O)ccc1N=Nc1ccc(N)c2cc(S(=O)(=O)O)ccc12. The first-order valence-electron chi connectivity index (χ1n) is 7.76. The molecule has 0 aliphatic rings. The van der Waals surface area contributed by atoms with E-state index in [0.29, 0.717) is 33.4 Å². The lowest BCUT2D eigenvalue weighted by Gasteiger charge is -2.07. The van der Waals surface area contributed by atoms with Crippen LogP contribution in [0.4, 0.5) is 17.1 Å². The first-order chi connectivity index (χ1) is 13.0. The predicted octanol–water partition coefficient (Wildman–Crippen LogP) is 3.64. The molecule has 0 unspecified atom stereocenters. The minimum Gasteiger partial charge on any atom is -0.398 e. The van der Waals surface area contributed by atoms with E-state index >= 15 is 0 Å². The summed E-state index contributed by atoms with van der Waals surface area (Å²) >= 11 is 0. The molecule has 0 fully saturated rings. The van der Waals surface area contributed by atoms with Gasteiger partial charge in [0.05, 0.1) is 21.2 Å². The van der Waals surface area contributed by atoms with E-state index in [1.165, 1.54) is 42.5 Å². The molecule has 28 heavy (non-hydrogen) atoms. The van der Waals surface area contributed by atoms with Crippen molar-refractivity contribution in [2.75, 3.05) is 5.73 Å². The van der Waals surface area contributed by atoms with Gasteiger partial charge in [-0.1, -0.05) is 6.07 Å². The van der Waals surface area contributed by atoms with Crippen LogP contribution in [0.5, 0.6) is 0 Å². The van der Waals surface area contributed by atoms with Gasteiger partial charge in [-0.3, -0.25) is 9.11 Å². The number of rotatable bonds is 4. The topological polar surface area (TPSA) is 159 Å². The van der Waals surface area contributed by atoms with Crippen LogP contribution in [0.2, 0.25) is 0 Å². The molecule has 3 aromatic carbocycles. The van der Waals surface area contributed by atoms with Gasteiger partial charge in [0, 0.05) is 16.5 Å². The molecule has 0 bridgehead atoms. The zero-order chi connectivity index (χ0) is 20.7. The minimum absolute atomic E-state index is 0.250. The van der Waals surface area contributed by atoms with Crippen molar-refractivity contribution in [2.24, 2.45) is 10.2 Å². The second-order valence-corrected chi connectivity index (χ2v) is 8.82. The Hall–Kier alpha value is -2.86. The maximum Gasteiger partial charge on any atom is 0.294 e. The highest BCUT2D eigenvalue weighted by Gasteiger charge is 2.13. The maximum atomic E-state index is 11.3. The van der Waals surface area contributed by atoms with Crippen molar-refractivity contribution in [3.05, 3.63) is 54.1 Å². The number of hydrogen-bond donors (Lipinski definition) is 3. The first kappa shape index (κ1) is 19.9. The van der Waals surface area contributed by atoms with Gasteiger partial charge in [0.25, 0.3) is 20.2 Å². The average molecular weight is 421 g/mol. The molecule has 0 radical (unpaired) electrons. The number of nitrogens with zero attached hydrogens (tertiary/aromatic N) is 2. The van der Waals surface area contributed by atoms with Crippen LogP contribution in [0.3, 0.4) is 0 Å². The van der Waals surface area contributed by atoms with Crippen molar-refractivity contribution in [1.82, 2.24) is 0 Å². The molecule has 4 N–H and O–H groups in total. The quantitative estimate of drug-likeness (QED) is 0.329. The molecule has 0 saturated carbocycles. The number of hydrogen-bond acceptors (Lipinski definition) is 7. The molecule has 0 atom stereocenters. The van der Waals surface area contributed by atoms with E-state index < -0.39 is 20.2 Å². The summed E-state index contributed by atoms with van der Waals surface area (Å²) in [5.41, 5.74) is 7.45.